The first-order valence-corrected chi connectivity index (χ1v) is 8.99. The third kappa shape index (κ3) is 4.09. The van der Waals surface area contributed by atoms with Crippen LogP contribution in [0.15, 0.2) is 34.1 Å². The highest BCUT2D eigenvalue weighted by molar-refractivity contribution is 9.11. The van der Waals surface area contributed by atoms with Gasteiger partial charge in [0.1, 0.15) is 5.75 Å². The van der Waals surface area contributed by atoms with Crippen molar-refractivity contribution >= 4 is 27.3 Å². The minimum atomic E-state index is 0.179. The Balaban J connectivity index is 2.38. The SMILES string of the molecule is CCCOc1ccccc1C(NCC)c1cc(C)c(Br)s1. The van der Waals surface area contributed by atoms with E-state index in [2.05, 4.69) is 66.3 Å². The smallest absolute Gasteiger partial charge is 0.124 e. The average molecular weight is 368 g/mol. The van der Waals surface area contributed by atoms with Crippen molar-refractivity contribution in [3.63, 3.8) is 0 Å². The Morgan fingerprint density at radius 3 is 2.67 bits per heavy atom. The number of halogens is 1. The van der Waals surface area contributed by atoms with Crippen molar-refractivity contribution in [1.82, 2.24) is 5.32 Å². The van der Waals surface area contributed by atoms with Gasteiger partial charge in [0, 0.05) is 10.4 Å². The highest BCUT2D eigenvalue weighted by Gasteiger charge is 2.20. The molecule has 114 valence electrons. The standard InChI is InChI=1S/C17H22BrNOS/c1-4-10-20-14-9-7-6-8-13(14)16(19-5-2)15-11-12(3)17(18)21-15/h6-9,11,16,19H,4-5,10H2,1-3H3. The van der Waals surface area contributed by atoms with Crippen molar-refractivity contribution in [2.24, 2.45) is 0 Å². The van der Waals surface area contributed by atoms with Gasteiger partial charge in [-0.3, -0.25) is 0 Å². The van der Waals surface area contributed by atoms with Crippen LogP contribution in [0.5, 0.6) is 5.75 Å². The van der Waals surface area contributed by atoms with Crippen molar-refractivity contribution < 1.29 is 4.74 Å². The fraction of sp³-hybridized carbons (Fsp3) is 0.412. The summed E-state index contributed by atoms with van der Waals surface area (Å²) in [4.78, 5) is 1.31. The maximum atomic E-state index is 5.93. The molecule has 0 bridgehead atoms. The Morgan fingerprint density at radius 2 is 2.05 bits per heavy atom. The van der Waals surface area contributed by atoms with Crippen molar-refractivity contribution in [1.29, 1.82) is 0 Å². The first kappa shape index (κ1) is 16.5. The van der Waals surface area contributed by atoms with Gasteiger partial charge in [-0.05, 0) is 53.5 Å². The number of thiophene rings is 1. The molecule has 2 nitrogen and oxygen atoms in total. The summed E-state index contributed by atoms with van der Waals surface area (Å²) < 4.78 is 7.13. The molecule has 0 aliphatic rings. The third-order valence-corrected chi connectivity index (χ3v) is 5.46. The van der Waals surface area contributed by atoms with Gasteiger partial charge in [0.25, 0.3) is 0 Å². The summed E-state index contributed by atoms with van der Waals surface area (Å²) in [5, 5.41) is 3.58. The largest absolute Gasteiger partial charge is 0.493 e. The molecule has 2 rings (SSSR count). The molecule has 1 aromatic heterocycles. The summed E-state index contributed by atoms with van der Waals surface area (Å²) in [6.45, 7) is 8.07. The Bertz CT molecular complexity index is 562. The molecule has 0 amide bonds. The van der Waals surface area contributed by atoms with Gasteiger partial charge in [0.15, 0.2) is 0 Å². The Hall–Kier alpha value is -0.840. The lowest BCUT2D eigenvalue weighted by Crippen LogP contribution is -2.21. The molecule has 0 spiro atoms. The zero-order valence-corrected chi connectivity index (χ0v) is 15.2. The van der Waals surface area contributed by atoms with E-state index in [0.29, 0.717) is 0 Å². The topological polar surface area (TPSA) is 21.3 Å². The first-order valence-electron chi connectivity index (χ1n) is 7.38. The summed E-state index contributed by atoms with van der Waals surface area (Å²) in [5.41, 5.74) is 2.49. The van der Waals surface area contributed by atoms with Gasteiger partial charge in [-0.2, -0.15) is 0 Å². The van der Waals surface area contributed by atoms with E-state index in [0.717, 1.165) is 25.3 Å². The number of hydrogen-bond acceptors (Lipinski definition) is 3. The van der Waals surface area contributed by atoms with Crippen LogP contribution in [0.25, 0.3) is 0 Å². The Morgan fingerprint density at radius 1 is 1.29 bits per heavy atom. The van der Waals surface area contributed by atoms with E-state index in [4.69, 9.17) is 4.74 Å². The monoisotopic (exact) mass is 367 g/mol. The second kappa shape index (κ2) is 7.97. The number of hydrogen-bond donors (Lipinski definition) is 1. The maximum absolute atomic E-state index is 5.93. The van der Waals surface area contributed by atoms with Crippen molar-refractivity contribution in [2.75, 3.05) is 13.2 Å². The van der Waals surface area contributed by atoms with Crippen molar-refractivity contribution in [3.05, 3.63) is 50.1 Å². The fourth-order valence-electron chi connectivity index (χ4n) is 2.26. The summed E-state index contributed by atoms with van der Waals surface area (Å²) >= 11 is 5.42. The molecule has 0 aliphatic heterocycles. The highest BCUT2D eigenvalue weighted by atomic mass is 79.9. The molecule has 1 aromatic carbocycles. The zero-order chi connectivity index (χ0) is 15.2. The molecule has 0 fully saturated rings. The predicted molar refractivity (Wildman–Crippen MR) is 94.5 cm³/mol. The molecule has 4 heteroatoms. The van der Waals surface area contributed by atoms with Gasteiger partial charge in [-0.15, -0.1) is 11.3 Å². The molecule has 0 aliphatic carbocycles. The van der Waals surface area contributed by atoms with Crippen LogP contribution in [-0.2, 0) is 0 Å². The lowest BCUT2D eigenvalue weighted by atomic mass is 10.0. The molecular formula is C17H22BrNOS. The second-order valence-electron chi connectivity index (χ2n) is 4.98. The van der Waals surface area contributed by atoms with E-state index in [-0.39, 0.29) is 6.04 Å². The molecule has 1 N–H and O–H groups in total. The van der Waals surface area contributed by atoms with Crippen LogP contribution in [0.3, 0.4) is 0 Å². The molecule has 0 radical (unpaired) electrons. The van der Waals surface area contributed by atoms with Crippen LogP contribution >= 0.6 is 27.3 Å². The van der Waals surface area contributed by atoms with Crippen LogP contribution in [0.1, 0.15) is 42.3 Å². The van der Waals surface area contributed by atoms with E-state index in [9.17, 15) is 0 Å². The maximum Gasteiger partial charge on any atom is 0.124 e. The van der Waals surface area contributed by atoms with Crippen LogP contribution in [-0.4, -0.2) is 13.2 Å². The number of para-hydroxylation sites is 1. The second-order valence-corrected chi connectivity index (χ2v) is 7.38. The number of benzene rings is 1. The number of nitrogens with one attached hydrogen (secondary N) is 1. The molecule has 21 heavy (non-hydrogen) atoms. The van der Waals surface area contributed by atoms with E-state index >= 15 is 0 Å². The number of rotatable bonds is 7. The predicted octanol–water partition coefficient (Wildman–Crippen LogP) is 5.31. The number of ether oxygens (including phenoxy) is 1. The first-order chi connectivity index (χ1) is 10.2. The molecule has 0 saturated heterocycles. The quantitative estimate of drug-likeness (QED) is 0.715. The zero-order valence-electron chi connectivity index (χ0n) is 12.8. The minimum absolute atomic E-state index is 0.179. The molecule has 0 saturated carbocycles. The van der Waals surface area contributed by atoms with Crippen LogP contribution in [0, 0.1) is 6.92 Å². The fourth-order valence-corrected chi connectivity index (χ4v) is 3.92. The average Bonchev–Trinajstić information content (AvgIpc) is 2.82. The highest BCUT2D eigenvalue weighted by Crippen LogP contribution is 2.37. The summed E-state index contributed by atoms with van der Waals surface area (Å²) in [6, 6.07) is 10.8. The van der Waals surface area contributed by atoms with Gasteiger partial charge >= 0.3 is 0 Å². The van der Waals surface area contributed by atoms with Crippen LogP contribution in [0.4, 0.5) is 0 Å². The lowest BCUT2D eigenvalue weighted by Gasteiger charge is -2.20. The third-order valence-electron chi connectivity index (χ3n) is 3.26. The minimum Gasteiger partial charge on any atom is -0.493 e. The van der Waals surface area contributed by atoms with E-state index in [1.165, 1.54) is 19.8 Å². The summed E-state index contributed by atoms with van der Waals surface area (Å²) in [5.74, 6) is 0.979. The van der Waals surface area contributed by atoms with Crippen molar-refractivity contribution in [3.8, 4) is 5.75 Å². The van der Waals surface area contributed by atoms with E-state index in [1.54, 1.807) is 11.3 Å². The summed E-state index contributed by atoms with van der Waals surface area (Å²) in [7, 11) is 0. The molecular weight excluding hydrogens is 346 g/mol. The normalized spacial score (nSPS) is 12.4. The van der Waals surface area contributed by atoms with Gasteiger partial charge in [0.2, 0.25) is 0 Å². The lowest BCUT2D eigenvalue weighted by molar-refractivity contribution is 0.312. The van der Waals surface area contributed by atoms with Crippen LogP contribution < -0.4 is 10.1 Å². The van der Waals surface area contributed by atoms with Gasteiger partial charge < -0.3 is 10.1 Å². The Kier molecular flexibility index (Phi) is 6.27. The van der Waals surface area contributed by atoms with Gasteiger partial charge in [-0.1, -0.05) is 32.0 Å². The number of aryl methyl sites for hydroxylation is 1. The van der Waals surface area contributed by atoms with Crippen molar-refractivity contribution in [2.45, 2.75) is 33.2 Å². The van der Waals surface area contributed by atoms with E-state index < -0.39 is 0 Å². The van der Waals surface area contributed by atoms with Gasteiger partial charge in [0.05, 0.1) is 16.4 Å². The van der Waals surface area contributed by atoms with Gasteiger partial charge in [-0.25, -0.2) is 0 Å². The molecule has 1 heterocycles. The van der Waals surface area contributed by atoms with E-state index in [1.807, 2.05) is 6.07 Å². The summed E-state index contributed by atoms with van der Waals surface area (Å²) in [6.07, 6.45) is 1.02. The van der Waals surface area contributed by atoms with Crippen LogP contribution in [0.2, 0.25) is 0 Å². The molecule has 2 aromatic rings. The molecule has 1 unspecified atom stereocenters. The molecule has 1 atom stereocenters. The Labute approximate surface area is 139 Å².